The van der Waals surface area contributed by atoms with E-state index >= 15 is 0 Å². The van der Waals surface area contributed by atoms with Crippen LogP contribution in [0.25, 0.3) is 0 Å². The normalized spacial score (nSPS) is 24.2. The predicted molar refractivity (Wildman–Crippen MR) is 71.5 cm³/mol. The second kappa shape index (κ2) is 6.05. The Kier molecular flexibility index (Phi) is 4.69. The van der Waals surface area contributed by atoms with Crippen LogP contribution in [0.2, 0.25) is 10.0 Å². The maximum Gasteiger partial charge on any atom is 0.0543 e. The summed E-state index contributed by atoms with van der Waals surface area (Å²) in [5, 5.41) is 14.2. The molecule has 0 bridgehead atoms. The molecule has 2 atom stereocenters. The lowest BCUT2D eigenvalue weighted by molar-refractivity contribution is 0.177. The average Bonchev–Trinajstić information content (AvgIpc) is 2.63. The third kappa shape index (κ3) is 4.14. The van der Waals surface area contributed by atoms with Crippen LogP contribution in [0.5, 0.6) is 0 Å². The van der Waals surface area contributed by atoms with Gasteiger partial charge in [0.1, 0.15) is 0 Å². The largest absolute Gasteiger partial charge is 0.393 e. The van der Waals surface area contributed by atoms with Gasteiger partial charge in [-0.1, -0.05) is 23.2 Å². The molecule has 0 aromatic heterocycles. The molecule has 1 aliphatic carbocycles. The van der Waals surface area contributed by atoms with E-state index in [0.29, 0.717) is 16.0 Å². The third-order valence-corrected chi connectivity index (χ3v) is 3.63. The fraction of sp³-hybridized carbons (Fsp3) is 0.538. The van der Waals surface area contributed by atoms with Gasteiger partial charge in [-0.25, -0.2) is 0 Å². The van der Waals surface area contributed by atoms with Gasteiger partial charge in [0, 0.05) is 16.6 Å². The van der Waals surface area contributed by atoms with Crippen molar-refractivity contribution in [2.45, 2.75) is 31.9 Å². The number of aliphatic hydroxyl groups is 1. The number of benzene rings is 1. The highest BCUT2D eigenvalue weighted by molar-refractivity contribution is 6.34. The molecule has 0 aliphatic heterocycles. The molecule has 1 fully saturated rings. The number of halogens is 2. The molecular formula is C13H17Cl2NO. The number of hydrogen-bond donors (Lipinski definition) is 2. The molecule has 0 spiro atoms. The Morgan fingerprint density at radius 2 is 1.88 bits per heavy atom. The first kappa shape index (κ1) is 13.2. The van der Waals surface area contributed by atoms with E-state index in [2.05, 4.69) is 5.32 Å². The van der Waals surface area contributed by atoms with Crippen LogP contribution in [-0.2, 0) is 6.54 Å². The highest BCUT2D eigenvalue weighted by Crippen LogP contribution is 2.24. The van der Waals surface area contributed by atoms with Gasteiger partial charge in [0.2, 0.25) is 0 Å². The first-order valence-electron chi connectivity index (χ1n) is 5.97. The highest BCUT2D eigenvalue weighted by atomic mass is 35.5. The zero-order valence-electron chi connectivity index (χ0n) is 9.63. The van der Waals surface area contributed by atoms with E-state index in [4.69, 9.17) is 23.2 Å². The molecular weight excluding hydrogens is 257 g/mol. The van der Waals surface area contributed by atoms with E-state index in [-0.39, 0.29) is 6.10 Å². The van der Waals surface area contributed by atoms with Crippen LogP contribution in [0.15, 0.2) is 18.2 Å². The maximum atomic E-state index is 9.43. The molecule has 1 aliphatic rings. The van der Waals surface area contributed by atoms with Crippen molar-refractivity contribution in [1.82, 2.24) is 5.32 Å². The summed E-state index contributed by atoms with van der Waals surface area (Å²) in [4.78, 5) is 0. The molecule has 1 aromatic carbocycles. The molecule has 17 heavy (non-hydrogen) atoms. The average molecular weight is 274 g/mol. The lowest BCUT2D eigenvalue weighted by Gasteiger charge is -2.11. The molecule has 4 heteroatoms. The quantitative estimate of drug-likeness (QED) is 0.883. The first-order chi connectivity index (χ1) is 8.13. The van der Waals surface area contributed by atoms with Crippen molar-refractivity contribution >= 4 is 23.2 Å². The minimum absolute atomic E-state index is 0.0950. The molecule has 2 rings (SSSR count). The van der Waals surface area contributed by atoms with E-state index in [1.54, 1.807) is 6.07 Å². The van der Waals surface area contributed by atoms with Crippen LogP contribution in [0.4, 0.5) is 0 Å². The van der Waals surface area contributed by atoms with Gasteiger partial charge in [-0.2, -0.15) is 0 Å². The summed E-state index contributed by atoms with van der Waals surface area (Å²) in [6.07, 6.45) is 2.88. The number of hydrogen-bond acceptors (Lipinski definition) is 2. The summed E-state index contributed by atoms with van der Waals surface area (Å²) in [6, 6.07) is 5.58. The fourth-order valence-corrected chi connectivity index (χ4v) is 2.94. The van der Waals surface area contributed by atoms with Crippen molar-refractivity contribution in [3.63, 3.8) is 0 Å². The van der Waals surface area contributed by atoms with Crippen LogP contribution in [0.3, 0.4) is 0 Å². The Hall–Kier alpha value is -0.280. The van der Waals surface area contributed by atoms with Crippen molar-refractivity contribution in [2.75, 3.05) is 6.54 Å². The fourth-order valence-electron chi connectivity index (χ4n) is 2.37. The highest BCUT2D eigenvalue weighted by Gasteiger charge is 2.21. The van der Waals surface area contributed by atoms with Gasteiger partial charge in [0.25, 0.3) is 0 Å². The van der Waals surface area contributed by atoms with E-state index < -0.39 is 0 Å². The zero-order chi connectivity index (χ0) is 12.3. The Morgan fingerprint density at radius 1 is 1.18 bits per heavy atom. The van der Waals surface area contributed by atoms with Gasteiger partial charge in [-0.3, -0.25) is 0 Å². The van der Waals surface area contributed by atoms with Crippen molar-refractivity contribution in [3.05, 3.63) is 33.8 Å². The molecule has 2 nitrogen and oxygen atoms in total. The van der Waals surface area contributed by atoms with E-state index in [1.165, 1.54) is 0 Å². The minimum Gasteiger partial charge on any atom is -0.393 e. The monoisotopic (exact) mass is 273 g/mol. The molecule has 0 radical (unpaired) electrons. The molecule has 1 saturated carbocycles. The lowest BCUT2D eigenvalue weighted by atomic mass is 10.1. The molecule has 0 saturated heterocycles. The van der Waals surface area contributed by atoms with Crippen LogP contribution in [0, 0.1) is 5.92 Å². The Bertz CT molecular complexity index is 363. The van der Waals surface area contributed by atoms with Gasteiger partial charge in [0.15, 0.2) is 0 Å². The smallest absolute Gasteiger partial charge is 0.0543 e. The SMILES string of the molecule is OC1CCC(CNCc2cc(Cl)cc(Cl)c2)C1. The van der Waals surface area contributed by atoms with Crippen molar-refractivity contribution in [1.29, 1.82) is 0 Å². The zero-order valence-corrected chi connectivity index (χ0v) is 11.1. The number of aliphatic hydroxyl groups excluding tert-OH is 1. The second-order valence-corrected chi connectivity index (χ2v) is 5.61. The molecule has 0 amide bonds. The Balaban J connectivity index is 1.78. The summed E-state index contributed by atoms with van der Waals surface area (Å²) in [5.41, 5.74) is 1.10. The van der Waals surface area contributed by atoms with Crippen molar-refractivity contribution in [3.8, 4) is 0 Å². The summed E-state index contributed by atoms with van der Waals surface area (Å²) in [6.45, 7) is 1.72. The van der Waals surface area contributed by atoms with Crippen LogP contribution in [-0.4, -0.2) is 17.8 Å². The predicted octanol–water partition coefficient (Wildman–Crippen LogP) is 3.24. The number of rotatable bonds is 4. The van der Waals surface area contributed by atoms with Gasteiger partial charge >= 0.3 is 0 Å². The first-order valence-corrected chi connectivity index (χ1v) is 6.73. The molecule has 2 N–H and O–H groups in total. The standard InChI is InChI=1S/C13H17Cl2NO/c14-11-3-10(4-12(15)6-11)8-16-7-9-1-2-13(17)5-9/h3-4,6,9,13,16-17H,1-2,5,7-8H2. The summed E-state index contributed by atoms with van der Waals surface area (Å²) in [5.74, 6) is 0.597. The topological polar surface area (TPSA) is 32.3 Å². The van der Waals surface area contributed by atoms with Gasteiger partial charge in [-0.15, -0.1) is 0 Å². The summed E-state index contributed by atoms with van der Waals surface area (Å²) >= 11 is 11.9. The van der Waals surface area contributed by atoms with Crippen LogP contribution in [0.1, 0.15) is 24.8 Å². The van der Waals surface area contributed by atoms with Crippen molar-refractivity contribution < 1.29 is 5.11 Å². The Morgan fingerprint density at radius 3 is 2.47 bits per heavy atom. The minimum atomic E-state index is -0.0950. The second-order valence-electron chi connectivity index (χ2n) is 4.74. The molecule has 94 valence electrons. The third-order valence-electron chi connectivity index (χ3n) is 3.20. The van der Waals surface area contributed by atoms with E-state index in [1.807, 2.05) is 12.1 Å². The van der Waals surface area contributed by atoms with Gasteiger partial charge in [-0.05, 0) is 55.5 Å². The Labute approximate surface area is 112 Å². The molecule has 0 heterocycles. The number of nitrogens with one attached hydrogen (secondary N) is 1. The lowest BCUT2D eigenvalue weighted by Crippen LogP contribution is -2.21. The van der Waals surface area contributed by atoms with Gasteiger partial charge in [0.05, 0.1) is 6.10 Å². The molecule has 1 aromatic rings. The van der Waals surface area contributed by atoms with Crippen LogP contribution < -0.4 is 5.32 Å². The van der Waals surface area contributed by atoms with Crippen molar-refractivity contribution in [2.24, 2.45) is 5.92 Å². The maximum absolute atomic E-state index is 9.43. The van der Waals surface area contributed by atoms with E-state index in [0.717, 1.165) is 37.9 Å². The molecule has 2 unspecified atom stereocenters. The summed E-state index contributed by atoms with van der Waals surface area (Å²) in [7, 11) is 0. The van der Waals surface area contributed by atoms with E-state index in [9.17, 15) is 5.11 Å². The summed E-state index contributed by atoms with van der Waals surface area (Å²) < 4.78 is 0. The van der Waals surface area contributed by atoms with Gasteiger partial charge < -0.3 is 10.4 Å². The van der Waals surface area contributed by atoms with Crippen LogP contribution >= 0.6 is 23.2 Å².